The van der Waals surface area contributed by atoms with Gasteiger partial charge in [0.1, 0.15) is 16.5 Å². The molecule has 2 aromatic carbocycles. The molecule has 0 bridgehead atoms. The van der Waals surface area contributed by atoms with E-state index in [1.165, 1.54) is 11.3 Å². The molecule has 1 aromatic heterocycles. The van der Waals surface area contributed by atoms with Crippen LogP contribution in [0.25, 0.3) is 21.8 Å². The van der Waals surface area contributed by atoms with Crippen LogP contribution in [0.3, 0.4) is 0 Å². The standard InChI is InChI=1S/C22H23NO4S/c1-4-11-27-18-12-16(26-3)9-10-17(18)22-23-21(19(28-22)13-20(24)25)15-7-5-14(2)6-8-15/h5-10,12H,4,11,13H2,1-3H3,(H,24,25). The summed E-state index contributed by atoms with van der Waals surface area (Å²) in [7, 11) is 1.61. The Bertz CT molecular complexity index is 963. The summed E-state index contributed by atoms with van der Waals surface area (Å²) in [6.07, 6.45) is 0.815. The van der Waals surface area contributed by atoms with Gasteiger partial charge in [0.2, 0.25) is 0 Å². The van der Waals surface area contributed by atoms with Crippen LogP contribution in [-0.4, -0.2) is 29.8 Å². The molecule has 0 spiro atoms. The van der Waals surface area contributed by atoms with Gasteiger partial charge in [-0.2, -0.15) is 0 Å². The molecule has 0 amide bonds. The molecule has 0 unspecified atom stereocenters. The number of aryl methyl sites for hydroxylation is 1. The van der Waals surface area contributed by atoms with Crippen LogP contribution in [0, 0.1) is 6.92 Å². The van der Waals surface area contributed by atoms with E-state index in [1.807, 2.05) is 56.3 Å². The van der Waals surface area contributed by atoms with Gasteiger partial charge in [-0.1, -0.05) is 36.8 Å². The minimum absolute atomic E-state index is 0.0673. The third-order valence-electron chi connectivity index (χ3n) is 4.22. The van der Waals surface area contributed by atoms with Crippen LogP contribution in [0.2, 0.25) is 0 Å². The fourth-order valence-corrected chi connectivity index (χ4v) is 3.90. The summed E-state index contributed by atoms with van der Waals surface area (Å²) < 4.78 is 11.2. The quantitative estimate of drug-likeness (QED) is 0.565. The smallest absolute Gasteiger partial charge is 0.308 e. The van der Waals surface area contributed by atoms with Crippen molar-refractivity contribution < 1.29 is 19.4 Å². The van der Waals surface area contributed by atoms with E-state index in [0.29, 0.717) is 23.8 Å². The number of aliphatic carboxylic acids is 1. The van der Waals surface area contributed by atoms with Crippen molar-refractivity contribution in [2.75, 3.05) is 13.7 Å². The zero-order valence-corrected chi connectivity index (χ0v) is 17.0. The lowest BCUT2D eigenvalue weighted by molar-refractivity contribution is -0.136. The maximum Gasteiger partial charge on any atom is 0.308 e. The summed E-state index contributed by atoms with van der Waals surface area (Å²) in [5.41, 5.74) is 3.60. The third kappa shape index (κ3) is 4.51. The van der Waals surface area contributed by atoms with E-state index >= 15 is 0 Å². The van der Waals surface area contributed by atoms with E-state index in [0.717, 1.165) is 33.0 Å². The first kappa shape index (κ1) is 19.9. The Labute approximate surface area is 168 Å². The lowest BCUT2D eigenvalue weighted by Crippen LogP contribution is -1.99. The Morgan fingerprint density at radius 1 is 1.18 bits per heavy atom. The van der Waals surface area contributed by atoms with Gasteiger partial charge in [0, 0.05) is 16.5 Å². The van der Waals surface area contributed by atoms with Crippen LogP contribution in [0.5, 0.6) is 11.5 Å². The molecule has 0 saturated heterocycles. The van der Waals surface area contributed by atoms with Gasteiger partial charge in [0.05, 0.1) is 31.4 Å². The number of hydrogen-bond donors (Lipinski definition) is 1. The summed E-state index contributed by atoms with van der Waals surface area (Å²) in [4.78, 5) is 16.9. The number of carboxylic acids is 1. The molecule has 0 fully saturated rings. The van der Waals surface area contributed by atoms with Gasteiger partial charge < -0.3 is 14.6 Å². The number of benzene rings is 2. The number of carboxylic acid groups (broad SMARTS) is 1. The molecule has 0 aliphatic heterocycles. The molecule has 146 valence electrons. The summed E-state index contributed by atoms with van der Waals surface area (Å²) in [6.45, 7) is 4.64. The van der Waals surface area contributed by atoms with Gasteiger partial charge in [0.15, 0.2) is 0 Å². The first-order chi connectivity index (χ1) is 13.5. The average Bonchev–Trinajstić information content (AvgIpc) is 3.09. The fraction of sp³-hybridized carbons (Fsp3) is 0.273. The van der Waals surface area contributed by atoms with Gasteiger partial charge in [-0.05, 0) is 25.5 Å². The average molecular weight is 397 g/mol. The highest BCUT2D eigenvalue weighted by atomic mass is 32.1. The van der Waals surface area contributed by atoms with Crippen molar-refractivity contribution in [3.8, 4) is 33.3 Å². The molecular weight excluding hydrogens is 374 g/mol. The zero-order chi connectivity index (χ0) is 20.1. The van der Waals surface area contributed by atoms with Crippen molar-refractivity contribution in [1.82, 2.24) is 4.98 Å². The number of hydrogen-bond acceptors (Lipinski definition) is 5. The molecule has 0 aliphatic rings. The summed E-state index contributed by atoms with van der Waals surface area (Å²) in [5, 5.41) is 10.1. The van der Waals surface area contributed by atoms with Gasteiger partial charge in [-0.15, -0.1) is 11.3 Å². The molecule has 6 heteroatoms. The molecule has 5 nitrogen and oxygen atoms in total. The summed E-state index contributed by atoms with van der Waals surface area (Å²) in [6, 6.07) is 13.6. The molecule has 0 radical (unpaired) electrons. The van der Waals surface area contributed by atoms with Crippen molar-refractivity contribution in [3.05, 3.63) is 52.9 Å². The third-order valence-corrected chi connectivity index (χ3v) is 5.30. The maximum absolute atomic E-state index is 11.4. The second-order valence-corrected chi connectivity index (χ2v) is 7.52. The Morgan fingerprint density at radius 3 is 2.57 bits per heavy atom. The van der Waals surface area contributed by atoms with Gasteiger partial charge in [0.25, 0.3) is 0 Å². The highest BCUT2D eigenvalue weighted by molar-refractivity contribution is 7.15. The second-order valence-electron chi connectivity index (χ2n) is 6.44. The van der Waals surface area contributed by atoms with Crippen LogP contribution in [-0.2, 0) is 11.2 Å². The van der Waals surface area contributed by atoms with Crippen LogP contribution in [0.1, 0.15) is 23.8 Å². The van der Waals surface area contributed by atoms with Crippen molar-refractivity contribution >= 4 is 17.3 Å². The molecule has 1 heterocycles. The van der Waals surface area contributed by atoms with E-state index in [-0.39, 0.29) is 6.42 Å². The number of ether oxygens (including phenoxy) is 2. The SMILES string of the molecule is CCCOc1cc(OC)ccc1-c1nc(-c2ccc(C)cc2)c(CC(=O)O)s1. The lowest BCUT2D eigenvalue weighted by Gasteiger charge is -2.11. The highest BCUT2D eigenvalue weighted by Crippen LogP contribution is 2.39. The number of aromatic nitrogens is 1. The van der Waals surface area contributed by atoms with Crippen LogP contribution in [0.15, 0.2) is 42.5 Å². The predicted octanol–water partition coefficient (Wildman–Crippen LogP) is 5.21. The normalized spacial score (nSPS) is 10.7. The van der Waals surface area contributed by atoms with Gasteiger partial charge in [-0.25, -0.2) is 4.98 Å². The highest BCUT2D eigenvalue weighted by Gasteiger charge is 2.19. The molecule has 3 rings (SSSR count). The number of rotatable bonds is 8. The first-order valence-corrected chi connectivity index (χ1v) is 9.93. The number of nitrogens with zero attached hydrogens (tertiary/aromatic N) is 1. The van der Waals surface area contributed by atoms with Crippen LogP contribution >= 0.6 is 11.3 Å². The molecular formula is C22H23NO4S. The predicted molar refractivity (Wildman–Crippen MR) is 111 cm³/mol. The van der Waals surface area contributed by atoms with Crippen LogP contribution in [0.4, 0.5) is 0 Å². The number of thiazole rings is 1. The van der Waals surface area contributed by atoms with Gasteiger partial charge in [-0.3, -0.25) is 4.79 Å². The van der Waals surface area contributed by atoms with Crippen molar-refractivity contribution in [2.45, 2.75) is 26.7 Å². The fourth-order valence-electron chi connectivity index (χ4n) is 2.80. The lowest BCUT2D eigenvalue weighted by atomic mass is 10.1. The van der Waals surface area contributed by atoms with Crippen LogP contribution < -0.4 is 9.47 Å². The van der Waals surface area contributed by atoms with Crippen molar-refractivity contribution in [2.24, 2.45) is 0 Å². The Hall–Kier alpha value is -2.86. The Morgan fingerprint density at radius 2 is 1.93 bits per heavy atom. The van der Waals surface area contributed by atoms with E-state index in [2.05, 4.69) is 0 Å². The zero-order valence-electron chi connectivity index (χ0n) is 16.2. The molecule has 0 aliphatic carbocycles. The number of carbonyl (C=O) groups is 1. The van der Waals surface area contributed by atoms with Crippen molar-refractivity contribution in [3.63, 3.8) is 0 Å². The van der Waals surface area contributed by atoms with E-state index < -0.39 is 5.97 Å². The van der Waals surface area contributed by atoms with E-state index in [4.69, 9.17) is 14.5 Å². The molecule has 3 aromatic rings. The maximum atomic E-state index is 11.4. The minimum atomic E-state index is -0.874. The van der Waals surface area contributed by atoms with E-state index in [9.17, 15) is 9.90 Å². The van der Waals surface area contributed by atoms with Gasteiger partial charge >= 0.3 is 5.97 Å². The second kappa shape index (κ2) is 8.89. The number of methoxy groups -OCH3 is 1. The Balaban J connectivity index is 2.09. The van der Waals surface area contributed by atoms with Crippen molar-refractivity contribution in [1.29, 1.82) is 0 Å². The summed E-state index contributed by atoms with van der Waals surface area (Å²) >= 11 is 1.39. The Kier molecular flexibility index (Phi) is 6.31. The first-order valence-electron chi connectivity index (χ1n) is 9.11. The topological polar surface area (TPSA) is 68.7 Å². The molecule has 28 heavy (non-hydrogen) atoms. The molecule has 0 atom stereocenters. The largest absolute Gasteiger partial charge is 0.497 e. The molecule has 1 N–H and O–H groups in total. The molecule has 0 saturated carbocycles. The summed E-state index contributed by atoms with van der Waals surface area (Å²) in [5.74, 6) is 0.518. The van der Waals surface area contributed by atoms with E-state index in [1.54, 1.807) is 7.11 Å². The monoisotopic (exact) mass is 397 g/mol. The minimum Gasteiger partial charge on any atom is -0.497 e.